The minimum atomic E-state index is -0.185. The van der Waals surface area contributed by atoms with Gasteiger partial charge >= 0.3 is 0 Å². The van der Waals surface area contributed by atoms with Crippen molar-refractivity contribution >= 4 is 0 Å². The molecule has 0 saturated heterocycles. The zero-order chi connectivity index (χ0) is 11.5. The fourth-order valence-electron chi connectivity index (χ4n) is 2.06. The average molecular weight is 223 g/mol. The molecule has 0 aliphatic carbocycles. The minimum absolute atomic E-state index is 0.185. The number of aryl methyl sites for hydroxylation is 1. The van der Waals surface area contributed by atoms with Gasteiger partial charge in [-0.1, -0.05) is 6.92 Å². The van der Waals surface area contributed by atoms with Crippen LogP contribution in [0.25, 0.3) is 0 Å². The van der Waals surface area contributed by atoms with Gasteiger partial charge in [0.15, 0.2) is 0 Å². The van der Waals surface area contributed by atoms with Crippen molar-refractivity contribution < 1.29 is 9.13 Å². The van der Waals surface area contributed by atoms with Crippen molar-refractivity contribution in [2.24, 2.45) is 0 Å². The van der Waals surface area contributed by atoms with Gasteiger partial charge < -0.3 is 10.1 Å². The van der Waals surface area contributed by atoms with Crippen LogP contribution in [0.3, 0.4) is 0 Å². The third kappa shape index (κ3) is 2.19. The van der Waals surface area contributed by atoms with Crippen LogP contribution in [0.4, 0.5) is 4.39 Å². The molecular formula is C13H18FNO. The Morgan fingerprint density at radius 1 is 1.50 bits per heavy atom. The molecule has 88 valence electrons. The van der Waals surface area contributed by atoms with E-state index in [1.54, 1.807) is 6.92 Å². The fourth-order valence-corrected chi connectivity index (χ4v) is 2.06. The summed E-state index contributed by atoms with van der Waals surface area (Å²) in [6.07, 6.45) is 2.06. The van der Waals surface area contributed by atoms with E-state index in [4.69, 9.17) is 4.74 Å². The molecule has 2 nitrogen and oxygen atoms in total. The van der Waals surface area contributed by atoms with Crippen molar-refractivity contribution in [1.82, 2.24) is 5.32 Å². The lowest BCUT2D eigenvalue weighted by molar-refractivity contribution is 0.251. The van der Waals surface area contributed by atoms with Crippen molar-refractivity contribution in [3.8, 4) is 5.75 Å². The molecule has 1 N–H and O–H groups in total. The summed E-state index contributed by atoms with van der Waals surface area (Å²) in [6.45, 7) is 5.58. The van der Waals surface area contributed by atoms with Gasteiger partial charge in [0, 0.05) is 24.1 Å². The van der Waals surface area contributed by atoms with E-state index in [9.17, 15) is 4.39 Å². The number of ether oxygens (including phenoxy) is 1. The maximum atomic E-state index is 13.4. The van der Waals surface area contributed by atoms with Crippen LogP contribution in [0.2, 0.25) is 0 Å². The Balaban J connectivity index is 2.27. The second-order valence-corrected chi connectivity index (χ2v) is 4.28. The zero-order valence-corrected chi connectivity index (χ0v) is 9.85. The molecule has 2 rings (SSSR count). The quantitative estimate of drug-likeness (QED) is 0.850. The SMILES string of the molecule is CCCNC1CCOc2cc(F)c(C)cc21. The van der Waals surface area contributed by atoms with E-state index in [-0.39, 0.29) is 5.82 Å². The Labute approximate surface area is 95.8 Å². The van der Waals surface area contributed by atoms with Crippen LogP contribution in [-0.2, 0) is 0 Å². The number of fused-ring (bicyclic) bond motifs is 1. The van der Waals surface area contributed by atoms with Gasteiger partial charge in [0.1, 0.15) is 11.6 Å². The summed E-state index contributed by atoms with van der Waals surface area (Å²) >= 11 is 0. The minimum Gasteiger partial charge on any atom is -0.493 e. The molecule has 0 saturated carbocycles. The Hall–Kier alpha value is -1.09. The van der Waals surface area contributed by atoms with E-state index < -0.39 is 0 Å². The van der Waals surface area contributed by atoms with Gasteiger partial charge in [-0.25, -0.2) is 4.39 Å². The molecule has 1 heterocycles. The molecule has 1 atom stereocenters. The van der Waals surface area contributed by atoms with Gasteiger partial charge in [0.2, 0.25) is 0 Å². The van der Waals surface area contributed by atoms with Crippen LogP contribution < -0.4 is 10.1 Å². The molecule has 16 heavy (non-hydrogen) atoms. The number of rotatable bonds is 3. The predicted octanol–water partition coefficient (Wildman–Crippen LogP) is 2.96. The highest BCUT2D eigenvalue weighted by atomic mass is 19.1. The van der Waals surface area contributed by atoms with Crippen molar-refractivity contribution in [2.45, 2.75) is 32.7 Å². The Morgan fingerprint density at radius 3 is 3.06 bits per heavy atom. The third-order valence-corrected chi connectivity index (χ3v) is 2.97. The van der Waals surface area contributed by atoms with Gasteiger partial charge in [0.25, 0.3) is 0 Å². The number of halogens is 1. The maximum absolute atomic E-state index is 13.4. The molecule has 1 aliphatic heterocycles. The summed E-state index contributed by atoms with van der Waals surface area (Å²) in [7, 11) is 0. The van der Waals surface area contributed by atoms with Crippen molar-refractivity contribution in [2.75, 3.05) is 13.2 Å². The van der Waals surface area contributed by atoms with Crippen molar-refractivity contribution in [3.05, 3.63) is 29.1 Å². The van der Waals surface area contributed by atoms with E-state index in [0.717, 1.165) is 24.9 Å². The monoisotopic (exact) mass is 223 g/mol. The summed E-state index contributed by atoms with van der Waals surface area (Å²) in [5, 5.41) is 3.47. The molecule has 0 bridgehead atoms. The van der Waals surface area contributed by atoms with E-state index in [2.05, 4.69) is 12.2 Å². The van der Waals surface area contributed by atoms with E-state index >= 15 is 0 Å². The summed E-state index contributed by atoms with van der Waals surface area (Å²) in [5.74, 6) is 0.512. The van der Waals surface area contributed by atoms with Crippen LogP contribution in [0.1, 0.15) is 36.9 Å². The Bertz CT molecular complexity index is 378. The molecule has 1 unspecified atom stereocenters. The third-order valence-electron chi connectivity index (χ3n) is 2.97. The smallest absolute Gasteiger partial charge is 0.129 e. The second kappa shape index (κ2) is 4.83. The molecule has 0 amide bonds. The first-order chi connectivity index (χ1) is 7.72. The van der Waals surface area contributed by atoms with Gasteiger partial charge in [-0.3, -0.25) is 0 Å². The first-order valence-electron chi connectivity index (χ1n) is 5.88. The number of benzene rings is 1. The highest BCUT2D eigenvalue weighted by Gasteiger charge is 2.22. The first kappa shape index (κ1) is 11.4. The average Bonchev–Trinajstić information content (AvgIpc) is 2.28. The summed E-state index contributed by atoms with van der Waals surface area (Å²) < 4.78 is 18.9. The van der Waals surface area contributed by atoms with E-state index in [1.165, 1.54) is 6.07 Å². The van der Waals surface area contributed by atoms with Gasteiger partial charge in [-0.2, -0.15) is 0 Å². The summed E-state index contributed by atoms with van der Waals surface area (Å²) in [4.78, 5) is 0. The topological polar surface area (TPSA) is 21.3 Å². The summed E-state index contributed by atoms with van der Waals surface area (Å²) in [5.41, 5.74) is 1.78. The molecule has 0 spiro atoms. The Kier molecular flexibility index (Phi) is 3.44. The fraction of sp³-hybridized carbons (Fsp3) is 0.538. The number of hydrogen-bond acceptors (Lipinski definition) is 2. The van der Waals surface area contributed by atoms with Crippen molar-refractivity contribution in [1.29, 1.82) is 0 Å². The van der Waals surface area contributed by atoms with Crippen LogP contribution in [-0.4, -0.2) is 13.2 Å². The molecule has 1 aromatic carbocycles. The highest BCUT2D eigenvalue weighted by Crippen LogP contribution is 2.33. The standard InChI is InChI=1S/C13H18FNO/c1-3-5-15-12-4-6-16-13-8-11(14)9(2)7-10(12)13/h7-8,12,15H,3-6H2,1-2H3. The van der Waals surface area contributed by atoms with Crippen LogP contribution in [0.5, 0.6) is 5.75 Å². The van der Waals surface area contributed by atoms with E-state index in [0.29, 0.717) is 24.0 Å². The Morgan fingerprint density at radius 2 is 2.31 bits per heavy atom. The largest absolute Gasteiger partial charge is 0.493 e. The van der Waals surface area contributed by atoms with Gasteiger partial charge in [0.05, 0.1) is 6.61 Å². The normalized spacial score (nSPS) is 19.1. The zero-order valence-electron chi connectivity index (χ0n) is 9.85. The molecule has 0 aromatic heterocycles. The lowest BCUT2D eigenvalue weighted by Crippen LogP contribution is -2.27. The summed E-state index contributed by atoms with van der Waals surface area (Å²) in [6, 6.07) is 3.71. The lowest BCUT2D eigenvalue weighted by Gasteiger charge is -2.27. The molecule has 0 fully saturated rings. The van der Waals surface area contributed by atoms with E-state index in [1.807, 2.05) is 6.07 Å². The molecule has 3 heteroatoms. The van der Waals surface area contributed by atoms with Crippen molar-refractivity contribution in [3.63, 3.8) is 0 Å². The lowest BCUT2D eigenvalue weighted by atomic mass is 9.98. The predicted molar refractivity (Wildman–Crippen MR) is 62.3 cm³/mol. The molecule has 1 aliphatic rings. The van der Waals surface area contributed by atoms with Gasteiger partial charge in [-0.15, -0.1) is 0 Å². The van der Waals surface area contributed by atoms with Gasteiger partial charge in [-0.05, 0) is 31.5 Å². The molecular weight excluding hydrogens is 205 g/mol. The maximum Gasteiger partial charge on any atom is 0.129 e. The highest BCUT2D eigenvalue weighted by molar-refractivity contribution is 5.41. The number of hydrogen-bond donors (Lipinski definition) is 1. The molecule has 1 aromatic rings. The molecule has 0 radical (unpaired) electrons. The van der Waals surface area contributed by atoms with Crippen LogP contribution in [0.15, 0.2) is 12.1 Å². The first-order valence-corrected chi connectivity index (χ1v) is 5.88. The van der Waals surface area contributed by atoms with Crippen LogP contribution >= 0.6 is 0 Å². The number of nitrogens with one attached hydrogen (secondary N) is 1. The second-order valence-electron chi connectivity index (χ2n) is 4.28. The van der Waals surface area contributed by atoms with Crippen LogP contribution in [0, 0.1) is 12.7 Å².